The molecular formula is C31H23INO+. The number of fused-ring (bicyclic) bond motifs is 8. The van der Waals surface area contributed by atoms with E-state index in [4.69, 9.17) is 3.07 Å². The summed E-state index contributed by atoms with van der Waals surface area (Å²) in [7, 11) is 2.11. The van der Waals surface area contributed by atoms with Crippen LogP contribution in [0.25, 0.3) is 55.8 Å². The molecule has 1 aromatic heterocycles. The van der Waals surface area contributed by atoms with Crippen LogP contribution in [-0.2, 0) is 7.05 Å². The van der Waals surface area contributed by atoms with Gasteiger partial charge in [0, 0.05) is 23.3 Å². The number of hydrogen-bond acceptors (Lipinski definition) is 1. The second kappa shape index (κ2) is 8.41. The molecule has 0 amide bonds. The molecule has 0 N–H and O–H groups in total. The van der Waals surface area contributed by atoms with E-state index in [9.17, 15) is 0 Å². The summed E-state index contributed by atoms with van der Waals surface area (Å²) in [5.74, 6) is 0.888. The lowest BCUT2D eigenvalue weighted by molar-refractivity contribution is -0.660. The van der Waals surface area contributed by atoms with E-state index in [1.807, 2.05) is 23.0 Å². The fourth-order valence-electron chi connectivity index (χ4n) is 5.27. The maximum absolute atomic E-state index is 5.92. The smallest absolute Gasteiger partial charge is 0.213 e. The van der Waals surface area contributed by atoms with Crippen molar-refractivity contribution in [1.82, 2.24) is 0 Å². The molecule has 2 nitrogen and oxygen atoms in total. The van der Waals surface area contributed by atoms with Crippen LogP contribution in [0.1, 0.15) is 5.56 Å². The van der Waals surface area contributed by atoms with Gasteiger partial charge in [-0.15, -0.1) is 0 Å². The summed E-state index contributed by atoms with van der Waals surface area (Å²) < 4.78 is 8.11. The number of rotatable bonds is 2. The zero-order valence-corrected chi connectivity index (χ0v) is 21.2. The molecule has 0 fully saturated rings. The van der Waals surface area contributed by atoms with Crippen LogP contribution >= 0.6 is 23.0 Å². The zero-order valence-electron chi connectivity index (χ0n) is 19.0. The van der Waals surface area contributed by atoms with E-state index < -0.39 is 0 Å². The fraction of sp³-hybridized carbons (Fsp3) is 0.0645. The zero-order chi connectivity index (χ0) is 23.2. The third-order valence-corrected chi connectivity index (χ3v) is 7.33. The summed E-state index contributed by atoms with van der Waals surface area (Å²) in [5.41, 5.74) is 13.4. The van der Waals surface area contributed by atoms with Crippen molar-refractivity contribution in [3.63, 3.8) is 0 Å². The Morgan fingerprint density at radius 1 is 0.588 bits per heavy atom. The van der Waals surface area contributed by atoms with Gasteiger partial charge in [0.1, 0.15) is 12.8 Å². The lowest BCUT2D eigenvalue weighted by Gasteiger charge is -2.26. The Hall–Kier alpha value is -3.44. The van der Waals surface area contributed by atoms with Gasteiger partial charge in [0.2, 0.25) is 5.69 Å². The van der Waals surface area contributed by atoms with Crippen molar-refractivity contribution in [2.75, 3.05) is 0 Å². The maximum atomic E-state index is 5.92. The first-order chi connectivity index (χ1) is 16.7. The second-order valence-corrected chi connectivity index (χ2v) is 9.15. The Morgan fingerprint density at radius 3 is 1.59 bits per heavy atom. The molecule has 4 aromatic carbocycles. The van der Waals surface area contributed by atoms with Crippen LogP contribution in [-0.4, -0.2) is 0 Å². The maximum Gasteiger partial charge on any atom is 0.213 e. The summed E-state index contributed by atoms with van der Waals surface area (Å²) in [4.78, 5) is 0. The summed E-state index contributed by atoms with van der Waals surface area (Å²) in [6.45, 7) is 2.16. The molecule has 0 atom stereocenters. The number of halogens is 1. The van der Waals surface area contributed by atoms with Crippen LogP contribution in [0.15, 0.2) is 103 Å². The Morgan fingerprint density at radius 2 is 1.06 bits per heavy atom. The van der Waals surface area contributed by atoms with Crippen molar-refractivity contribution in [2.24, 2.45) is 7.05 Å². The molecule has 164 valence electrons. The predicted octanol–water partition coefficient (Wildman–Crippen LogP) is 8.20. The van der Waals surface area contributed by atoms with Gasteiger partial charge in [0.25, 0.3) is 0 Å². The van der Waals surface area contributed by atoms with Gasteiger partial charge < -0.3 is 3.07 Å². The van der Waals surface area contributed by atoms with Gasteiger partial charge in [0.05, 0.1) is 5.56 Å². The highest BCUT2D eigenvalue weighted by atomic mass is 127. The molecule has 5 aromatic rings. The van der Waals surface area contributed by atoms with Crippen molar-refractivity contribution in [3.05, 3.63) is 109 Å². The van der Waals surface area contributed by atoms with E-state index >= 15 is 0 Å². The van der Waals surface area contributed by atoms with Crippen molar-refractivity contribution in [2.45, 2.75) is 6.92 Å². The number of aromatic nitrogens is 1. The molecule has 1 heterocycles. The first-order valence-electron chi connectivity index (χ1n) is 11.4. The Kier molecular flexibility index (Phi) is 5.22. The van der Waals surface area contributed by atoms with Gasteiger partial charge in [-0.1, -0.05) is 72.8 Å². The molecule has 0 unspecified atom stereocenters. The Balaban J connectivity index is 1.87. The minimum absolute atomic E-state index is 0.888. The van der Waals surface area contributed by atoms with Crippen LogP contribution in [0, 0.1) is 6.92 Å². The molecule has 0 bridgehead atoms. The molecule has 0 radical (unpaired) electrons. The van der Waals surface area contributed by atoms with Crippen molar-refractivity contribution < 1.29 is 7.63 Å². The van der Waals surface area contributed by atoms with E-state index in [1.54, 1.807) is 0 Å². The van der Waals surface area contributed by atoms with E-state index in [0.29, 0.717) is 0 Å². The third-order valence-electron chi connectivity index (χ3n) is 6.85. The number of aryl methyl sites for hydroxylation is 1. The van der Waals surface area contributed by atoms with E-state index in [0.717, 1.165) is 17.0 Å². The first kappa shape index (κ1) is 21.1. The van der Waals surface area contributed by atoms with Crippen LogP contribution < -0.4 is 7.63 Å². The van der Waals surface area contributed by atoms with E-state index in [-0.39, 0.29) is 0 Å². The normalized spacial score (nSPS) is 11.4. The summed E-state index contributed by atoms with van der Waals surface area (Å²) in [5, 5.41) is 0. The lowest BCUT2D eigenvalue weighted by atomic mass is 9.78. The number of benzene rings is 4. The molecule has 34 heavy (non-hydrogen) atoms. The van der Waals surface area contributed by atoms with E-state index in [2.05, 4.69) is 122 Å². The number of nitrogens with zero attached hydrogens (tertiary/aromatic N) is 1. The standard InChI is InChI=1S/C31H23INO/c1-20-29(34-32)19-27-25-15-6-5-13-23(25)21-11-3-4-12-22(21)24-14-7-8-16-26(24)31(27)30(20)28-17-9-10-18-33(28)2/h3-19H,1-2H3/q+1. The Labute approximate surface area is 214 Å². The minimum Gasteiger partial charge on any atom is -0.427 e. The number of hydrogen-bond donors (Lipinski definition) is 0. The third kappa shape index (κ3) is 3.18. The van der Waals surface area contributed by atoms with Crippen molar-refractivity contribution >= 4 is 23.0 Å². The van der Waals surface area contributed by atoms with Gasteiger partial charge in [-0.25, -0.2) is 4.57 Å². The summed E-state index contributed by atoms with van der Waals surface area (Å²) in [6.07, 6.45) is 2.11. The molecule has 0 saturated heterocycles. The summed E-state index contributed by atoms with van der Waals surface area (Å²) in [6, 6.07) is 34.9. The van der Waals surface area contributed by atoms with Crippen LogP contribution in [0.4, 0.5) is 0 Å². The molecule has 0 saturated carbocycles. The monoisotopic (exact) mass is 552 g/mol. The van der Waals surface area contributed by atoms with Gasteiger partial charge in [-0.3, -0.25) is 0 Å². The molecule has 6 rings (SSSR count). The van der Waals surface area contributed by atoms with Gasteiger partial charge >= 0.3 is 0 Å². The highest BCUT2D eigenvalue weighted by molar-refractivity contribution is 14.1. The predicted molar refractivity (Wildman–Crippen MR) is 148 cm³/mol. The van der Waals surface area contributed by atoms with E-state index in [1.165, 1.54) is 50.1 Å². The van der Waals surface area contributed by atoms with Gasteiger partial charge in [-0.2, -0.15) is 0 Å². The molecule has 1 aliphatic carbocycles. The average molecular weight is 552 g/mol. The topological polar surface area (TPSA) is 13.1 Å². The van der Waals surface area contributed by atoms with Gasteiger partial charge in [-0.05, 0) is 58.0 Å². The largest absolute Gasteiger partial charge is 0.427 e. The molecule has 1 aliphatic rings. The van der Waals surface area contributed by atoms with Crippen molar-refractivity contribution in [1.29, 1.82) is 0 Å². The minimum atomic E-state index is 0.888. The average Bonchev–Trinajstić information content (AvgIpc) is 2.88. The highest BCUT2D eigenvalue weighted by Gasteiger charge is 2.29. The van der Waals surface area contributed by atoms with Crippen molar-refractivity contribution in [3.8, 4) is 61.5 Å². The Bertz CT molecular complexity index is 1570. The number of pyridine rings is 1. The molecule has 3 heteroatoms. The molecule has 0 aliphatic heterocycles. The van der Waals surface area contributed by atoms with Gasteiger partial charge in [0.15, 0.2) is 29.2 Å². The lowest BCUT2D eigenvalue weighted by Crippen LogP contribution is -2.30. The first-order valence-corrected chi connectivity index (χ1v) is 12.3. The SMILES string of the molecule is Cc1c(OI)cc2c(c1-c1cccc[n+]1C)-c1ccccc1-c1ccccc1-c1ccccc1-2. The molecule has 0 spiro atoms. The second-order valence-electron chi connectivity index (χ2n) is 8.71. The van der Waals surface area contributed by atoms with Crippen LogP contribution in [0.2, 0.25) is 0 Å². The van der Waals surface area contributed by atoms with Crippen LogP contribution in [0.5, 0.6) is 5.75 Å². The highest BCUT2D eigenvalue weighted by Crippen LogP contribution is 2.52. The summed E-state index contributed by atoms with van der Waals surface area (Å²) >= 11 is 2.01. The fourth-order valence-corrected chi connectivity index (χ4v) is 5.73. The quantitative estimate of drug-likeness (QED) is 0.156. The molecular weight excluding hydrogens is 529 g/mol. The van der Waals surface area contributed by atoms with Crippen LogP contribution in [0.3, 0.4) is 0 Å².